The molecule has 7 heteroatoms. The van der Waals surface area contributed by atoms with E-state index in [2.05, 4.69) is 10.2 Å². The summed E-state index contributed by atoms with van der Waals surface area (Å²) in [5, 5.41) is 7.39. The maximum atomic E-state index is 12.0. The Morgan fingerprint density at radius 1 is 1.12 bits per heavy atom. The van der Waals surface area contributed by atoms with E-state index < -0.39 is 5.97 Å². The Morgan fingerprint density at radius 2 is 1.83 bits per heavy atom. The van der Waals surface area contributed by atoms with Crippen LogP contribution in [0.4, 0.5) is 0 Å². The summed E-state index contributed by atoms with van der Waals surface area (Å²) in [6.45, 7) is 1.20. The first-order valence-electron chi connectivity index (χ1n) is 8.05. The normalized spacial score (nSPS) is 14.6. The summed E-state index contributed by atoms with van der Waals surface area (Å²) in [6, 6.07) is 6.93. The predicted molar refractivity (Wildman–Crippen MR) is 87.5 cm³/mol. The van der Waals surface area contributed by atoms with Crippen LogP contribution in [0.5, 0.6) is 0 Å². The lowest BCUT2D eigenvalue weighted by Gasteiger charge is -2.26. The van der Waals surface area contributed by atoms with Crippen molar-refractivity contribution in [2.75, 3.05) is 19.7 Å². The second-order valence-corrected chi connectivity index (χ2v) is 5.82. The van der Waals surface area contributed by atoms with Crippen LogP contribution in [0.15, 0.2) is 29.1 Å². The van der Waals surface area contributed by atoms with E-state index in [1.54, 1.807) is 29.2 Å². The molecule has 1 aliphatic rings. The van der Waals surface area contributed by atoms with Crippen molar-refractivity contribution in [1.82, 2.24) is 15.1 Å². The average Bonchev–Trinajstić information content (AvgIpc) is 2.63. The Balaban J connectivity index is 1.62. The molecule has 126 valence electrons. The molecule has 1 saturated heterocycles. The molecule has 0 spiro atoms. The van der Waals surface area contributed by atoms with Gasteiger partial charge in [0.2, 0.25) is 0 Å². The summed E-state index contributed by atoms with van der Waals surface area (Å²) in [7, 11) is 0. The molecule has 0 atom stereocenters. The van der Waals surface area contributed by atoms with Gasteiger partial charge in [-0.15, -0.1) is 0 Å². The minimum absolute atomic E-state index is 0.0927. The largest absolute Gasteiger partial charge is 0.455 e. The summed E-state index contributed by atoms with van der Waals surface area (Å²) >= 11 is 0. The number of piperidine rings is 1. The van der Waals surface area contributed by atoms with Gasteiger partial charge >= 0.3 is 5.97 Å². The number of hydrogen-bond acceptors (Lipinski definition) is 5. The topological polar surface area (TPSA) is 92.4 Å². The lowest BCUT2D eigenvalue weighted by Crippen LogP contribution is -2.38. The minimum Gasteiger partial charge on any atom is -0.455 e. The van der Waals surface area contributed by atoms with Gasteiger partial charge in [0, 0.05) is 18.5 Å². The zero-order chi connectivity index (χ0) is 16.9. The molecule has 0 saturated carbocycles. The molecule has 24 heavy (non-hydrogen) atoms. The number of rotatable bonds is 4. The summed E-state index contributed by atoms with van der Waals surface area (Å²) in [5.74, 6) is -0.701. The van der Waals surface area contributed by atoms with E-state index in [1.165, 1.54) is 0 Å². The van der Waals surface area contributed by atoms with Crippen molar-refractivity contribution >= 4 is 22.6 Å². The minimum atomic E-state index is -0.537. The molecule has 2 aromatic rings. The molecule has 1 amide bonds. The van der Waals surface area contributed by atoms with Crippen molar-refractivity contribution in [3.8, 4) is 0 Å². The van der Waals surface area contributed by atoms with Crippen molar-refractivity contribution in [3.05, 3.63) is 40.3 Å². The van der Waals surface area contributed by atoms with Gasteiger partial charge in [0.15, 0.2) is 6.61 Å². The number of H-pyrrole nitrogens is 1. The second-order valence-electron chi connectivity index (χ2n) is 5.82. The van der Waals surface area contributed by atoms with Gasteiger partial charge in [0.1, 0.15) is 0 Å². The molecule has 1 fully saturated rings. The highest BCUT2D eigenvalue weighted by atomic mass is 16.5. The van der Waals surface area contributed by atoms with Crippen LogP contribution in [0, 0.1) is 0 Å². The molecule has 2 heterocycles. The van der Waals surface area contributed by atoms with E-state index >= 15 is 0 Å². The van der Waals surface area contributed by atoms with Crippen LogP contribution in [0.1, 0.15) is 25.0 Å². The van der Waals surface area contributed by atoms with Gasteiger partial charge in [-0.1, -0.05) is 18.2 Å². The number of fused-ring (bicyclic) bond motifs is 1. The Kier molecular flexibility index (Phi) is 4.88. The molecule has 1 aromatic carbocycles. The number of benzene rings is 1. The first-order valence-corrected chi connectivity index (χ1v) is 8.05. The molecule has 3 rings (SSSR count). The van der Waals surface area contributed by atoms with Crippen LogP contribution >= 0.6 is 0 Å². The SMILES string of the molecule is O=C(Cc1n[nH]c(=O)c2ccccc12)OCC(=O)N1CCCCC1. The van der Waals surface area contributed by atoms with E-state index in [0.29, 0.717) is 16.5 Å². The molecular formula is C17H19N3O4. The lowest BCUT2D eigenvalue weighted by molar-refractivity contribution is -0.151. The van der Waals surface area contributed by atoms with Crippen LogP contribution in [0.25, 0.3) is 10.8 Å². The first kappa shape index (κ1) is 16.2. The molecule has 1 N–H and O–H groups in total. The van der Waals surface area contributed by atoms with Gasteiger partial charge in [0.05, 0.1) is 17.5 Å². The zero-order valence-corrected chi connectivity index (χ0v) is 13.3. The van der Waals surface area contributed by atoms with Crippen LogP contribution < -0.4 is 5.56 Å². The number of carbonyl (C=O) groups is 2. The number of ether oxygens (including phenoxy) is 1. The number of aromatic amines is 1. The summed E-state index contributed by atoms with van der Waals surface area (Å²) < 4.78 is 5.08. The number of aromatic nitrogens is 2. The summed E-state index contributed by atoms with van der Waals surface area (Å²) in [4.78, 5) is 37.4. The highest BCUT2D eigenvalue weighted by Gasteiger charge is 2.18. The average molecular weight is 329 g/mol. The quantitative estimate of drug-likeness (QED) is 0.846. The summed E-state index contributed by atoms with van der Waals surface area (Å²) in [5.41, 5.74) is 0.128. The van der Waals surface area contributed by atoms with Crippen molar-refractivity contribution < 1.29 is 14.3 Å². The highest BCUT2D eigenvalue weighted by molar-refractivity contribution is 5.87. The fourth-order valence-corrected chi connectivity index (χ4v) is 2.87. The number of carbonyl (C=O) groups excluding carboxylic acids is 2. The van der Waals surface area contributed by atoms with E-state index in [1.807, 2.05) is 0 Å². The molecule has 0 radical (unpaired) electrons. The van der Waals surface area contributed by atoms with Gasteiger partial charge in [0.25, 0.3) is 11.5 Å². The lowest BCUT2D eigenvalue weighted by atomic mass is 10.1. The molecular weight excluding hydrogens is 310 g/mol. The fraction of sp³-hybridized carbons (Fsp3) is 0.412. The van der Waals surface area contributed by atoms with Crippen LogP contribution in [-0.4, -0.2) is 46.7 Å². The Labute approximate surface area is 138 Å². The van der Waals surface area contributed by atoms with Crippen molar-refractivity contribution in [1.29, 1.82) is 0 Å². The number of nitrogens with one attached hydrogen (secondary N) is 1. The van der Waals surface area contributed by atoms with E-state index in [-0.39, 0.29) is 24.5 Å². The van der Waals surface area contributed by atoms with Gasteiger partial charge in [-0.2, -0.15) is 5.10 Å². The third-order valence-electron chi connectivity index (χ3n) is 4.15. The monoisotopic (exact) mass is 329 g/mol. The van der Waals surface area contributed by atoms with Gasteiger partial charge in [-0.05, 0) is 25.3 Å². The fourth-order valence-electron chi connectivity index (χ4n) is 2.87. The number of amides is 1. The zero-order valence-electron chi connectivity index (χ0n) is 13.3. The third-order valence-corrected chi connectivity index (χ3v) is 4.15. The maximum absolute atomic E-state index is 12.0. The molecule has 0 aliphatic carbocycles. The number of esters is 1. The first-order chi connectivity index (χ1) is 11.6. The third kappa shape index (κ3) is 3.61. The van der Waals surface area contributed by atoms with Gasteiger partial charge in [-0.3, -0.25) is 14.4 Å². The smallest absolute Gasteiger partial charge is 0.312 e. The predicted octanol–water partition coefficient (Wildman–Crippen LogP) is 1.02. The maximum Gasteiger partial charge on any atom is 0.312 e. The Hall–Kier alpha value is -2.70. The number of nitrogens with zero attached hydrogens (tertiary/aromatic N) is 2. The van der Waals surface area contributed by atoms with Crippen LogP contribution in [0.3, 0.4) is 0 Å². The number of hydrogen-bond donors (Lipinski definition) is 1. The molecule has 0 bridgehead atoms. The van der Waals surface area contributed by atoms with E-state index in [9.17, 15) is 14.4 Å². The van der Waals surface area contributed by atoms with E-state index in [0.717, 1.165) is 32.4 Å². The molecule has 7 nitrogen and oxygen atoms in total. The van der Waals surface area contributed by atoms with Crippen molar-refractivity contribution in [2.45, 2.75) is 25.7 Å². The van der Waals surface area contributed by atoms with Gasteiger partial charge < -0.3 is 9.64 Å². The Bertz CT molecular complexity index is 809. The van der Waals surface area contributed by atoms with Gasteiger partial charge in [-0.25, -0.2) is 5.10 Å². The standard InChI is InChI=1S/C17H19N3O4/c21-15(20-8-4-1-5-9-20)11-24-16(22)10-14-12-6-2-3-7-13(12)17(23)19-18-14/h2-3,6-7H,1,4-5,8-11H2,(H,19,23). The van der Waals surface area contributed by atoms with Crippen LogP contribution in [-0.2, 0) is 20.7 Å². The van der Waals surface area contributed by atoms with Crippen molar-refractivity contribution in [3.63, 3.8) is 0 Å². The molecule has 0 unspecified atom stereocenters. The second kappa shape index (κ2) is 7.25. The highest BCUT2D eigenvalue weighted by Crippen LogP contribution is 2.13. The number of likely N-dealkylation sites (tertiary alicyclic amines) is 1. The Morgan fingerprint density at radius 3 is 2.58 bits per heavy atom. The summed E-state index contributed by atoms with van der Waals surface area (Å²) in [6.07, 6.45) is 3.03. The van der Waals surface area contributed by atoms with E-state index in [4.69, 9.17) is 4.74 Å². The molecule has 1 aliphatic heterocycles. The van der Waals surface area contributed by atoms with Crippen molar-refractivity contribution in [2.24, 2.45) is 0 Å². The van der Waals surface area contributed by atoms with Crippen LogP contribution in [0.2, 0.25) is 0 Å². The molecule has 1 aromatic heterocycles.